The van der Waals surface area contributed by atoms with Crippen LogP contribution >= 0.6 is 8.89 Å². The van der Waals surface area contributed by atoms with E-state index in [-0.39, 0.29) is 18.2 Å². The third-order valence-corrected chi connectivity index (χ3v) is 3.22. The molecule has 8 heteroatoms. The van der Waals surface area contributed by atoms with Gasteiger partial charge in [0.2, 0.25) is 5.91 Å². The molecule has 0 aromatic heterocycles. The molecular weight excluding hydrogens is 442 g/mol. The predicted molar refractivity (Wildman–Crippen MR) is 143 cm³/mol. The zero-order valence-electron chi connectivity index (χ0n) is 22.5. The highest BCUT2D eigenvalue weighted by molar-refractivity contribution is 7.30. The molecule has 1 aliphatic heterocycles. The number of nitrogens with zero attached hydrogens (tertiary/aromatic N) is 2. The Balaban J connectivity index is -0.000000410. The molecule has 6 nitrogen and oxygen atoms in total. The molecule has 1 atom stereocenters. The van der Waals surface area contributed by atoms with Crippen molar-refractivity contribution >= 4 is 20.9 Å². The van der Waals surface area contributed by atoms with Gasteiger partial charge in [-0.15, -0.1) is 0 Å². The van der Waals surface area contributed by atoms with Gasteiger partial charge in [-0.3, -0.25) is 9.69 Å². The minimum atomic E-state index is -0.593. The number of hydrogen-bond acceptors (Lipinski definition) is 4. The van der Waals surface area contributed by atoms with E-state index >= 15 is 0 Å². The lowest BCUT2D eigenvalue weighted by molar-refractivity contribution is -0.135. The molecule has 2 amide bonds. The molecule has 0 aliphatic carbocycles. The molecule has 1 N–H and O–H groups in total. The fourth-order valence-corrected chi connectivity index (χ4v) is 2.13. The van der Waals surface area contributed by atoms with Gasteiger partial charge in [-0.1, -0.05) is 66.9 Å². The molecule has 1 rings (SSSR count). The summed E-state index contributed by atoms with van der Waals surface area (Å²) in [5.74, 6) is -0.156. The van der Waals surface area contributed by atoms with Gasteiger partial charge in [-0.05, 0) is 45.2 Å². The van der Waals surface area contributed by atoms with Crippen molar-refractivity contribution in [2.75, 3.05) is 32.8 Å². The first kappa shape index (κ1) is 38.1. The first-order valence-corrected chi connectivity index (χ1v) is 12.8. The molecule has 0 radical (unpaired) electrons. The van der Waals surface area contributed by atoms with Gasteiger partial charge in [0.25, 0.3) is 0 Å². The average molecular weight is 491 g/mol. The summed E-state index contributed by atoms with van der Waals surface area (Å²) < 4.78 is 15.6. The normalized spacial score (nSPS) is 13.7. The van der Waals surface area contributed by atoms with Crippen molar-refractivity contribution in [3.05, 3.63) is 48.8 Å². The van der Waals surface area contributed by atoms with E-state index in [1.165, 1.54) is 23.7 Å². The van der Waals surface area contributed by atoms with Crippen LogP contribution in [0.25, 0.3) is 0 Å². The molecule has 33 heavy (non-hydrogen) atoms. The molecular formula is C25H48FN2O4P. The summed E-state index contributed by atoms with van der Waals surface area (Å²) in [6.07, 6.45) is 5.67. The zero-order valence-corrected chi connectivity index (χ0v) is 23.5. The van der Waals surface area contributed by atoms with E-state index in [0.29, 0.717) is 19.6 Å². The number of rotatable bonds is 5. The summed E-state index contributed by atoms with van der Waals surface area (Å²) in [4.78, 5) is 27.3. The number of aliphatic hydroxyl groups is 1. The lowest BCUT2D eigenvalue weighted by Crippen LogP contribution is -2.53. The fraction of sp³-hybridized carbons (Fsp3) is 0.600. The highest BCUT2D eigenvalue weighted by Gasteiger charge is 2.30. The minimum absolute atomic E-state index is 0.0166. The molecule has 0 aromatic carbocycles. The van der Waals surface area contributed by atoms with Crippen molar-refractivity contribution in [2.45, 2.75) is 67.9 Å². The molecule has 0 saturated carbocycles. The number of hydrogen-bond donors (Lipinski definition) is 1. The first-order chi connectivity index (χ1) is 15.6. The third kappa shape index (κ3) is 21.5. The van der Waals surface area contributed by atoms with Crippen LogP contribution in [0.5, 0.6) is 0 Å². The molecule has 1 unspecified atom stereocenters. The van der Waals surface area contributed by atoms with Gasteiger partial charge in [-0.25, -0.2) is 8.99 Å². The maximum atomic E-state index is 12.3. The van der Waals surface area contributed by atoms with Crippen LogP contribution in [0, 0.1) is 0 Å². The zero-order chi connectivity index (χ0) is 27.0. The first-order valence-electron chi connectivity index (χ1n) is 11.5. The van der Waals surface area contributed by atoms with Crippen molar-refractivity contribution in [2.24, 2.45) is 0 Å². The summed E-state index contributed by atoms with van der Waals surface area (Å²) in [5, 5.41) is 9.57. The maximum absolute atomic E-state index is 12.3. The van der Waals surface area contributed by atoms with E-state index in [2.05, 4.69) is 13.2 Å². The third-order valence-electron chi connectivity index (χ3n) is 3.22. The Morgan fingerprint density at radius 2 is 1.64 bits per heavy atom. The number of carbonyl (C=O) groups is 2. The Bertz CT molecular complexity index is 600. The standard InChI is InChI=1S/C18H26N2O4.3C2H6.CH4FP/c1-6-8-14(11-15(21)7-2)12-19-9-10-20(13-16(19)22)17(23)24-18(3,4)5;3*1-2;1-3-2/h6-8,11,21H,1-2,9-10,12-13H2,3-5H3;3*1-2H3;3H,1H3/b14-8+,15-11+;;;;. The second-order valence-electron chi connectivity index (χ2n) is 6.66. The van der Waals surface area contributed by atoms with Gasteiger partial charge in [0, 0.05) is 19.6 Å². The number of allylic oxidation sites excluding steroid dienone is 3. The Kier molecular flexibility index (Phi) is 28.3. The number of carbonyl (C=O) groups excluding carboxylic acids is 2. The summed E-state index contributed by atoms with van der Waals surface area (Å²) in [6, 6.07) is 0. The van der Waals surface area contributed by atoms with Crippen LogP contribution in [0.3, 0.4) is 0 Å². The molecule has 1 fully saturated rings. The van der Waals surface area contributed by atoms with Crippen molar-refractivity contribution in [1.29, 1.82) is 0 Å². The second kappa shape index (κ2) is 24.5. The van der Waals surface area contributed by atoms with E-state index in [9.17, 15) is 18.9 Å². The largest absolute Gasteiger partial charge is 0.508 e. The Labute approximate surface area is 204 Å². The molecule has 0 spiro atoms. The van der Waals surface area contributed by atoms with Crippen LogP contribution in [0.4, 0.5) is 8.99 Å². The highest BCUT2D eigenvalue weighted by Crippen LogP contribution is 2.14. The van der Waals surface area contributed by atoms with Crippen LogP contribution in [-0.2, 0) is 9.53 Å². The number of ether oxygens (including phenoxy) is 1. The molecule has 0 bridgehead atoms. The fourth-order valence-electron chi connectivity index (χ4n) is 2.13. The SMILES string of the molecule is C=C/C=C(\C=C(\O)C=C)CN1CCN(C(=O)OC(C)(C)C)CC1=O.CC.CC.CC.CPF. The van der Waals surface area contributed by atoms with E-state index in [4.69, 9.17) is 4.74 Å². The predicted octanol–water partition coefficient (Wildman–Crippen LogP) is 7.06. The Morgan fingerprint density at radius 1 is 1.15 bits per heavy atom. The van der Waals surface area contributed by atoms with Crippen molar-refractivity contribution in [1.82, 2.24) is 9.80 Å². The number of amides is 2. The topological polar surface area (TPSA) is 70.1 Å². The van der Waals surface area contributed by atoms with E-state index in [1.54, 1.807) is 37.8 Å². The van der Waals surface area contributed by atoms with Gasteiger partial charge in [-0.2, -0.15) is 0 Å². The van der Waals surface area contributed by atoms with Crippen LogP contribution < -0.4 is 0 Å². The molecule has 1 heterocycles. The maximum Gasteiger partial charge on any atom is 0.410 e. The molecule has 1 saturated heterocycles. The highest BCUT2D eigenvalue weighted by atomic mass is 31.1. The van der Waals surface area contributed by atoms with Gasteiger partial charge >= 0.3 is 6.09 Å². The van der Waals surface area contributed by atoms with Gasteiger partial charge in [0.05, 0.1) is 8.89 Å². The summed E-state index contributed by atoms with van der Waals surface area (Å²) in [6.45, 7) is 27.1. The summed E-state index contributed by atoms with van der Waals surface area (Å²) >= 11 is 0. The lowest BCUT2D eigenvalue weighted by atomic mass is 10.1. The van der Waals surface area contributed by atoms with Crippen LogP contribution in [0.15, 0.2) is 48.8 Å². The Hall–Kier alpha value is -2.14. The summed E-state index contributed by atoms with van der Waals surface area (Å²) in [7, 11) is -0.417. The average Bonchev–Trinajstić information content (AvgIpc) is 2.78. The lowest BCUT2D eigenvalue weighted by Gasteiger charge is -2.35. The van der Waals surface area contributed by atoms with Crippen molar-refractivity contribution in [3.8, 4) is 0 Å². The van der Waals surface area contributed by atoms with Gasteiger partial charge in [0.15, 0.2) is 0 Å². The van der Waals surface area contributed by atoms with Crippen LogP contribution in [0.1, 0.15) is 62.3 Å². The number of piperazine rings is 1. The second-order valence-corrected chi connectivity index (χ2v) is 7.03. The monoisotopic (exact) mass is 490 g/mol. The molecule has 1 aliphatic rings. The minimum Gasteiger partial charge on any atom is -0.508 e. The molecule has 0 aromatic rings. The van der Waals surface area contributed by atoms with E-state index < -0.39 is 20.6 Å². The quantitative estimate of drug-likeness (QED) is 0.254. The number of aliphatic hydroxyl groups excluding tert-OH is 1. The van der Waals surface area contributed by atoms with E-state index in [1.807, 2.05) is 41.5 Å². The van der Waals surface area contributed by atoms with Crippen molar-refractivity contribution < 1.29 is 23.6 Å². The summed E-state index contributed by atoms with van der Waals surface area (Å²) in [5.41, 5.74) is 0.130. The smallest absolute Gasteiger partial charge is 0.410 e. The van der Waals surface area contributed by atoms with Crippen LogP contribution in [0.2, 0.25) is 0 Å². The Morgan fingerprint density at radius 3 is 2.00 bits per heavy atom. The number of halogens is 1. The molecule has 194 valence electrons. The van der Waals surface area contributed by atoms with Gasteiger partial charge in [0.1, 0.15) is 17.9 Å². The van der Waals surface area contributed by atoms with E-state index in [0.717, 1.165) is 5.57 Å². The van der Waals surface area contributed by atoms with Gasteiger partial charge < -0.3 is 14.7 Å². The van der Waals surface area contributed by atoms with Crippen LogP contribution in [-0.4, -0.2) is 65.4 Å². The van der Waals surface area contributed by atoms with Crippen molar-refractivity contribution in [3.63, 3.8) is 0 Å².